The number of nitrogens with one attached hydrogen (secondary N) is 1. The number of anilines is 1. The summed E-state index contributed by atoms with van der Waals surface area (Å²) in [5.41, 5.74) is 5.29. The summed E-state index contributed by atoms with van der Waals surface area (Å²) in [6.07, 6.45) is 4.20. The van der Waals surface area contributed by atoms with E-state index in [1.807, 2.05) is 0 Å². The van der Waals surface area contributed by atoms with Gasteiger partial charge in [0.25, 0.3) is 5.91 Å². The molecule has 0 spiro atoms. The first-order chi connectivity index (χ1) is 9.06. The number of nitrogens with two attached hydrogens (primary N) is 1. The maximum Gasteiger partial charge on any atom is 0.278 e. The van der Waals surface area contributed by atoms with Crippen molar-refractivity contribution in [2.45, 2.75) is 6.54 Å². The van der Waals surface area contributed by atoms with Crippen molar-refractivity contribution in [1.82, 2.24) is 14.8 Å². The van der Waals surface area contributed by atoms with Crippen molar-refractivity contribution in [1.29, 1.82) is 0 Å². The summed E-state index contributed by atoms with van der Waals surface area (Å²) >= 11 is 0. The van der Waals surface area contributed by atoms with Crippen LogP contribution in [0.15, 0.2) is 30.7 Å². The molecule has 2 aromatic heterocycles. The zero-order chi connectivity index (χ0) is 13.8. The van der Waals surface area contributed by atoms with Gasteiger partial charge in [-0.15, -0.1) is 0 Å². The third-order valence-corrected chi connectivity index (χ3v) is 2.21. The first-order valence-electron chi connectivity index (χ1n) is 5.32. The Morgan fingerprint density at radius 1 is 1.47 bits per heavy atom. The molecular formula is C11H11N5O3. The number of nitrogens with zero attached hydrogens (tertiary/aromatic N) is 3. The van der Waals surface area contributed by atoms with E-state index in [1.54, 1.807) is 0 Å². The highest BCUT2D eigenvalue weighted by molar-refractivity contribution is 6.04. The number of hydrogen-bond acceptors (Lipinski definition) is 5. The number of amides is 2. The van der Waals surface area contributed by atoms with Crippen molar-refractivity contribution in [3.05, 3.63) is 36.4 Å². The molecule has 0 aliphatic carbocycles. The van der Waals surface area contributed by atoms with Gasteiger partial charge < -0.3 is 16.2 Å². The van der Waals surface area contributed by atoms with Crippen molar-refractivity contribution in [3.63, 3.8) is 0 Å². The monoisotopic (exact) mass is 261 g/mol. The topological polar surface area (TPSA) is 123 Å². The van der Waals surface area contributed by atoms with Crippen molar-refractivity contribution in [2.75, 3.05) is 5.32 Å². The SMILES string of the molecule is NC(=O)Cn1cc(NC(=O)c2ncccc2O)cn1. The molecule has 4 N–H and O–H groups in total. The maximum absolute atomic E-state index is 11.8. The highest BCUT2D eigenvalue weighted by Crippen LogP contribution is 2.14. The fourth-order valence-electron chi connectivity index (χ4n) is 1.44. The third kappa shape index (κ3) is 3.06. The number of pyridine rings is 1. The number of hydrogen-bond donors (Lipinski definition) is 3. The van der Waals surface area contributed by atoms with E-state index in [4.69, 9.17) is 5.73 Å². The number of primary amides is 1. The van der Waals surface area contributed by atoms with E-state index < -0.39 is 11.8 Å². The molecule has 0 aliphatic rings. The Hall–Kier alpha value is -2.90. The molecule has 2 rings (SSSR count). The Morgan fingerprint density at radius 3 is 2.95 bits per heavy atom. The molecular weight excluding hydrogens is 250 g/mol. The fraction of sp³-hybridized carbons (Fsp3) is 0.0909. The second-order valence-corrected chi connectivity index (χ2v) is 3.72. The van der Waals surface area contributed by atoms with Gasteiger partial charge in [-0.1, -0.05) is 0 Å². The van der Waals surface area contributed by atoms with Crippen LogP contribution in [0.2, 0.25) is 0 Å². The van der Waals surface area contributed by atoms with E-state index in [1.165, 1.54) is 35.4 Å². The van der Waals surface area contributed by atoms with Crippen LogP contribution in [0.3, 0.4) is 0 Å². The molecule has 0 saturated heterocycles. The number of aromatic hydroxyl groups is 1. The fourth-order valence-corrected chi connectivity index (χ4v) is 1.44. The molecule has 0 fully saturated rings. The minimum Gasteiger partial charge on any atom is -0.505 e. The summed E-state index contributed by atoms with van der Waals surface area (Å²) in [7, 11) is 0. The van der Waals surface area contributed by atoms with Gasteiger partial charge in [-0.25, -0.2) is 4.98 Å². The summed E-state index contributed by atoms with van der Waals surface area (Å²) in [4.78, 5) is 26.3. The Labute approximate surface area is 107 Å². The standard InChI is InChI=1S/C11H11N5O3/c12-9(18)6-16-5-7(4-14-16)15-11(19)10-8(17)2-1-3-13-10/h1-5,17H,6H2,(H2,12,18)(H,15,19). The van der Waals surface area contributed by atoms with Gasteiger partial charge in [-0.3, -0.25) is 14.3 Å². The molecule has 0 radical (unpaired) electrons. The van der Waals surface area contributed by atoms with E-state index in [2.05, 4.69) is 15.4 Å². The third-order valence-electron chi connectivity index (χ3n) is 2.21. The lowest BCUT2D eigenvalue weighted by atomic mass is 10.3. The first-order valence-corrected chi connectivity index (χ1v) is 5.32. The van der Waals surface area contributed by atoms with E-state index >= 15 is 0 Å². The molecule has 0 saturated carbocycles. The molecule has 2 aromatic rings. The van der Waals surface area contributed by atoms with Gasteiger partial charge in [-0.2, -0.15) is 5.10 Å². The van der Waals surface area contributed by atoms with Gasteiger partial charge in [0.2, 0.25) is 5.91 Å². The van der Waals surface area contributed by atoms with Gasteiger partial charge in [0, 0.05) is 12.4 Å². The number of aromatic nitrogens is 3. The molecule has 0 aliphatic heterocycles. The zero-order valence-corrected chi connectivity index (χ0v) is 9.78. The van der Waals surface area contributed by atoms with E-state index in [0.717, 1.165) is 0 Å². The summed E-state index contributed by atoms with van der Waals surface area (Å²) in [6, 6.07) is 2.87. The summed E-state index contributed by atoms with van der Waals surface area (Å²) < 4.78 is 1.29. The molecule has 8 nitrogen and oxygen atoms in total. The van der Waals surface area contributed by atoms with Crippen molar-refractivity contribution < 1.29 is 14.7 Å². The molecule has 8 heteroatoms. The van der Waals surface area contributed by atoms with Crippen LogP contribution in [-0.4, -0.2) is 31.7 Å². The summed E-state index contributed by atoms with van der Waals surface area (Å²) in [5, 5.41) is 15.8. The molecule has 0 aromatic carbocycles. The minimum atomic E-state index is -0.572. The van der Waals surface area contributed by atoms with Gasteiger partial charge in [0.15, 0.2) is 5.69 Å². The smallest absolute Gasteiger partial charge is 0.278 e. The number of carbonyl (C=O) groups is 2. The predicted molar refractivity (Wildman–Crippen MR) is 65.3 cm³/mol. The van der Waals surface area contributed by atoms with Crippen LogP contribution in [-0.2, 0) is 11.3 Å². The van der Waals surface area contributed by atoms with Gasteiger partial charge in [-0.05, 0) is 12.1 Å². The molecule has 0 atom stereocenters. The quantitative estimate of drug-likeness (QED) is 0.698. The lowest BCUT2D eigenvalue weighted by molar-refractivity contribution is -0.118. The Kier molecular flexibility index (Phi) is 3.42. The predicted octanol–water partition coefficient (Wildman–Crippen LogP) is -0.279. The average Bonchev–Trinajstić information content (AvgIpc) is 2.76. The van der Waals surface area contributed by atoms with Crippen molar-refractivity contribution in [3.8, 4) is 5.75 Å². The molecule has 98 valence electrons. The van der Waals surface area contributed by atoms with Gasteiger partial charge >= 0.3 is 0 Å². The second-order valence-electron chi connectivity index (χ2n) is 3.72. The highest BCUT2D eigenvalue weighted by Gasteiger charge is 2.13. The zero-order valence-electron chi connectivity index (χ0n) is 9.78. The van der Waals surface area contributed by atoms with Crippen LogP contribution in [0.1, 0.15) is 10.5 Å². The largest absolute Gasteiger partial charge is 0.505 e. The molecule has 2 amide bonds. The van der Waals surface area contributed by atoms with Crippen LogP contribution in [0.5, 0.6) is 5.75 Å². The first kappa shape index (κ1) is 12.6. The minimum absolute atomic E-state index is 0.0787. The number of rotatable bonds is 4. The maximum atomic E-state index is 11.8. The summed E-state index contributed by atoms with van der Waals surface area (Å²) in [5.74, 6) is -1.33. The number of carbonyl (C=O) groups excluding carboxylic acids is 2. The normalized spacial score (nSPS) is 10.1. The average molecular weight is 261 g/mol. The molecule has 0 bridgehead atoms. The van der Waals surface area contributed by atoms with E-state index in [-0.39, 0.29) is 18.0 Å². The lowest BCUT2D eigenvalue weighted by Gasteiger charge is -2.02. The van der Waals surface area contributed by atoms with E-state index in [9.17, 15) is 14.7 Å². The molecule has 19 heavy (non-hydrogen) atoms. The van der Waals surface area contributed by atoms with Crippen LogP contribution < -0.4 is 11.1 Å². The van der Waals surface area contributed by atoms with Gasteiger partial charge in [0.1, 0.15) is 12.3 Å². The summed E-state index contributed by atoms with van der Waals surface area (Å²) in [6.45, 7) is -0.0787. The Balaban J connectivity index is 2.09. The van der Waals surface area contributed by atoms with Crippen molar-refractivity contribution in [2.24, 2.45) is 5.73 Å². The van der Waals surface area contributed by atoms with Crippen LogP contribution in [0.4, 0.5) is 5.69 Å². The highest BCUT2D eigenvalue weighted by atomic mass is 16.3. The van der Waals surface area contributed by atoms with Crippen LogP contribution >= 0.6 is 0 Å². The molecule has 2 heterocycles. The van der Waals surface area contributed by atoms with Crippen molar-refractivity contribution >= 4 is 17.5 Å². The van der Waals surface area contributed by atoms with Crippen LogP contribution in [0, 0.1) is 0 Å². The van der Waals surface area contributed by atoms with Gasteiger partial charge in [0.05, 0.1) is 11.9 Å². The molecule has 0 unspecified atom stereocenters. The van der Waals surface area contributed by atoms with E-state index in [0.29, 0.717) is 5.69 Å². The Morgan fingerprint density at radius 2 is 2.26 bits per heavy atom. The lowest BCUT2D eigenvalue weighted by Crippen LogP contribution is -2.18. The Bertz CT molecular complexity index is 622. The van der Waals surface area contributed by atoms with Crippen LogP contribution in [0.25, 0.3) is 0 Å². The second kappa shape index (κ2) is 5.17.